The van der Waals surface area contributed by atoms with Gasteiger partial charge in [-0.25, -0.2) is 0 Å². The quantitative estimate of drug-likeness (QED) is 0.106. The summed E-state index contributed by atoms with van der Waals surface area (Å²) in [6, 6.07) is 7.69. The van der Waals surface area contributed by atoms with Crippen molar-refractivity contribution in [2.75, 3.05) is 26.3 Å². The van der Waals surface area contributed by atoms with Gasteiger partial charge >= 0.3 is 5.97 Å². The van der Waals surface area contributed by atoms with Crippen molar-refractivity contribution in [3.63, 3.8) is 0 Å². The number of carbonyl (C=O) groups excluding carboxylic acids is 4. The van der Waals surface area contributed by atoms with Crippen molar-refractivity contribution >= 4 is 39.6 Å². The molecule has 1 unspecified atom stereocenters. The minimum atomic E-state index is -1.19. The van der Waals surface area contributed by atoms with Crippen LogP contribution in [0.2, 0.25) is 0 Å². The van der Waals surface area contributed by atoms with Gasteiger partial charge in [0.15, 0.2) is 0 Å². The van der Waals surface area contributed by atoms with Gasteiger partial charge < -0.3 is 29.7 Å². The number of allylic oxidation sites excluding steroid dienone is 1. The Labute approximate surface area is 287 Å². The van der Waals surface area contributed by atoms with E-state index in [9.17, 15) is 24.3 Å². The molecule has 47 heavy (non-hydrogen) atoms. The minimum absolute atomic E-state index is 0.0748. The third-order valence-corrected chi connectivity index (χ3v) is 10.3. The minimum Gasteiger partial charge on any atom is -0.463 e. The number of aliphatic hydroxyl groups excluding tert-OH is 1. The molecule has 3 aliphatic rings. The average Bonchev–Trinajstić information content (AvgIpc) is 3.63. The van der Waals surface area contributed by atoms with Crippen molar-refractivity contribution < 1.29 is 33.8 Å². The van der Waals surface area contributed by atoms with E-state index in [1.165, 1.54) is 0 Å². The van der Waals surface area contributed by atoms with Gasteiger partial charge in [-0.1, -0.05) is 71.3 Å². The fraction of sp³-hybridized carbons (Fsp3) is 0.611. The van der Waals surface area contributed by atoms with Gasteiger partial charge in [0.1, 0.15) is 18.2 Å². The van der Waals surface area contributed by atoms with E-state index in [1.807, 2.05) is 51.1 Å². The third-order valence-electron chi connectivity index (χ3n) is 9.50. The summed E-state index contributed by atoms with van der Waals surface area (Å²) in [4.78, 5) is 58.8. The van der Waals surface area contributed by atoms with Crippen molar-refractivity contribution in [1.82, 2.24) is 15.1 Å². The van der Waals surface area contributed by atoms with Gasteiger partial charge in [0.05, 0.1) is 24.0 Å². The highest BCUT2D eigenvalue weighted by atomic mass is 79.9. The highest BCUT2D eigenvalue weighted by molar-refractivity contribution is 9.09. The lowest BCUT2D eigenvalue weighted by Gasteiger charge is -2.42. The predicted octanol–water partition coefficient (Wildman–Crippen LogP) is 4.47. The predicted molar refractivity (Wildman–Crippen MR) is 182 cm³/mol. The highest BCUT2D eigenvalue weighted by Gasteiger charge is 2.76. The van der Waals surface area contributed by atoms with Gasteiger partial charge in [-0.05, 0) is 52.0 Å². The molecular weight excluding hydrogens is 666 g/mol. The molecule has 258 valence electrons. The second kappa shape index (κ2) is 15.9. The zero-order valence-electron chi connectivity index (χ0n) is 27.9. The molecule has 0 aromatic heterocycles. The standard InChI is InChI=1S/C36H50BrN3O7/c1-6-8-18-27(42)46-23-26(24-16-12-11-13-17-24)38-32(43)28-29-33(44)39(20-14-9-10-15-21-41)31(36(29)22-25(37)30(28)47-36)34(45)40(19-7-2)35(3,4)5/h6-7,11-13,16-17,25-26,28-31,41H,1-2,8-10,14-15,18-23H2,3-5H3,(H,38,43)/t25?,26-,28+,29-,30+,31+,36-/m1/s1. The van der Waals surface area contributed by atoms with Crippen molar-refractivity contribution in [2.45, 2.75) is 99.9 Å². The molecule has 2 bridgehead atoms. The van der Waals surface area contributed by atoms with Crippen LogP contribution in [0.3, 0.4) is 0 Å². The second-order valence-corrected chi connectivity index (χ2v) is 14.9. The number of esters is 1. The molecule has 0 aliphatic carbocycles. The maximum Gasteiger partial charge on any atom is 0.306 e. The summed E-state index contributed by atoms with van der Waals surface area (Å²) in [6.07, 6.45) is 6.70. The number of carbonyl (C=O) groups is 4. The Hall–Kier alpha value is -3.02. The molecule has 3 heterocycles. The van der Waals surface area contributed by atoms with Crippen molar-refractivity contribution in [3.05, 3.63) is 61.2 Å². The van der Waals surface area contributed by atoms with Crippen molar-refractivity contribution in [1.29, 1.82) is 0 Å². The normalized spacial score (nSPS) is 26.9. The van der Waals surface area contributed by atoms with Crippen molar-refractivity contribution in [3.8, 4) is 0 Å². The van der Waals surface area contributed by atoms with E-state index >= 15 is 0 Å². The van der Waals surface area contributed by atoms with Crippen LogP contribution in [0.4, 0.5) is 0 Å². The topological polar surface area (TPSA) is 125 Å². The number of rotatable bonds is 17. The van der Waals surface area contributed by atoms with Gasteiger partial charge in [0, 0.05) is 36.5 Å². The molecule has 10 nitrogen and oxygen atoms in total. The second-order valence-electron chi connectivity index (χ2n) is 13.7. The summed E-state index contributed by atoms with van der Waals surface area (Å²) < 4.78 is 12.3. The lowest BCUT2D eigenvalue weighted by atomic mass is 9.70. The van der Waals surface area contributed by atoms with Crippen LogP contribution in [-0.4, -0.2) is 93.0 Å². The maximum atomic E-state index is 14.6. The molecule has 0 radical (unpaired) electrons. The molecule has 0 saturated carbocycles. The summed E-state index contributed by atoms with van der Waals surface area (Å²) in [5.41, 5.74) is -0.986. The van der Waals surface area contributed by atoms with Gasteiger partial charge in [-0.3, -0.25) is 19.2 Å². The van der Waals surface area contributed by atoms with E-state index in [0.29, 0.717) is 38.8 Å². The number of nitrogens with zero attached hydrogens (tertiary/aromatic N) is 2. The molecule has 1 aromatic rings. The number of likely N-dealkylation sites (tertiary alicyclic amines) is 1. The first-order valence-electron chi connectivity index (χ1n) is 16.7. The molecule has 11 heteroatoms. The number of hydrogen-bond acceptors (Lipinski definition) is 7. The summed E-state index contributed by atoms with van der Waals surface area (Å²) in [6.45, 7) is 14.0. The molecule has 3 fully saturated rings. The lowest BCUT2D eigenvalue weighted by Crippen LogP contribution is -2.60. The Bertz CT molecular complexity index is 1300. The fourth-order valence-electron chi connectivity index (χ4n) is 7.31. The first-order valence-corrected chi connectivity index (χ1v) is 17.6. The maximum absolute atomic E-state index is 14.6. The number of benzene rings is 1. The number of ether oxygens (including phenoxy) is 2. The van der Waals surface area contributed by atoms with E-state index in [0.717, 1.165) is 18.4 Å². The highest BCUT2D eigenvalue weighted by Crippen LogP contribution is 2.60. The lowest BCUT2D eigenvalue weighted by molar-refractivity contribution is -0.151. The number of amides is 3. The van der Waals surface area contributed by atoms with E-state index in [-0.39, 0.29) is 42.2 Å². The van der Waals surface area contributed by atoms with Crippen molar-refractivity contribution in [2.24, 2.45) is 11.8 Å². The van der Waals surface area contributed by atoms with Crippen LogP contribution in [0.25, 0.3) is 0 Å². The van der Waals surface area contributed by atoms with Gasteiger partial charge in [-0.2, -0.15) is 0 Å². The SMILES string of the molecule is C=CCCC(=O)OC[C@@H](NC(=O)[C@@H]1[C@H]2O[C@@]3(CC2Br)[C@H](C(=O)N(CC=C)C(C)(C)C)N(CCCCCCO)C(=O)[C@@H]13)c1ccccc1. The Kier molecular flexibility index (Phi) is 12.5. The van der Waals surface area contributed by atoms with Crippen LogP contribution in [-0.2, 0) is 28.7 Å². The van der Waals surface area contributed by atoms with E-state index in [4.69, 9.17) is 9.47 Å². The molecule has 1 aromatic carbocycles. The largest absolute Gasteiger partial charge is 0.463 e. The van der Waals surface area contributed by atoms with Crippen LogP contribution in [0, 0.1) is 11.8 Å². The molecule has 4 rings (SSSR count). The Balaban J connectivity index is 1.66. The number of unbranched alkanes of at least 4 members (excludes halogenated alkanes) is 3. The molecule has 3 amide bonds. The number of aliphatic hydroxyl groups is 1. The van der Waals surface area contributed by atoms with Gasteiger partial charge in [0.2, 0.25) is 17.7 Å². The molecule has 1 spiro atoms. The average molecular weight is 717 g/mol. The zero-order valence-corrected chi connectivity index (χ0v) is 29.5. The van der Waals surface area contributed by atoms with Gasteiger partial charge in [0.25, 0.3) is 0 Å². The summed E-state index contributed by atoms with van der Waals surface area (Å²) in [5, 5.41) is 12.3. The van der Waals surface area contributed by atoms with E-state index < -0.39 is 47.1 Å². The number of halogens is 1. The Morgan fingerprint density at radius 1 is 1.17 bits per heavy atom. The number of nitrogens with one attached hydrogen (secondary N) is 1. The number of alkyl halides is 1. The smallest absolute Gasteiger partial charge is 0.306 e. The van der Waals surface area contributed by atoms with Crippen LogP contribution in [0.15, 0.2) is 55.6 Å². The Morgan fingerprint density at radius 2 is 1.87 bits per heavy atom. The molecule has 3 aliphatic heterocycles. The zero-order chi connectivity index (χ0) is 34.4. The van der Waals surface area contributed by atoms with Gasteiger partial charge in [-0.15, -0.1) is 13.2 Å². The first kappa shape index (κ1) is 36.8. The monoisotopic (exact) mass is 715 g/mol. The number of fused-ring (bicyclic) bond motifs is 1. The summed E-state index contributed by atoms with van der Waals surface area (Å²) in [5.74, 6) is -2.98. The Morgan fingerprint density at radius 3 is 2.51 bits per heavy atom. The first-order chi connectivity index (χ1) is 22.4. The summed E-state index contributed by atoms with van der Waals surface area (Å²) >= 11 is 3.75. The fourth-order valence-corrected chi connectivity index (χ4v) is 8.25. The molecular formula is C36H50BrN3O7. The molecule has 2 N–H and O–H groups in total. The third kappa shape index (κ3) is 7.84. The number of hydrogen-bond donors (Lipinski definition) is 2. The van der Waals surface area contributed by atoms with Crippen LogP contribution in [0.5, 0.6) is 0 Å². The summed E-state index contributed by atoms with van der Waals surface area (Å²) in [7, 11) is 0. The van der Waals surface area contributed by atoms with E-state index in [2.05, 4.69) is 34.4 Å². The van der Waals surface area contributed by atoms with Crippen LogP contribution in [0.1, 0.15) is 77.3 Å². The van der Waals surface area contributed by atoms with Crippen LogP contribution < -0.4 is 5.32 Å². The van der Waals surface area contributed by atoms with E-state index in [1.54, 1.807) is 22.0 Å². The molecule has 3 saturated heterocycles. The van der Waals surface area contributed by atoms with Crippen LogP contribution >= 0.6 is 15.9 Å². The molecule has 7 atom stereocenters.